The summed E-state index contributed by atoms with van der Waals surface area (Å²) >= 11 is 0. The van der Waals surface area contributed by atoms with Crippen LogP contribution in [0.4, 0.5) is 5.69 Å². The summed E-state index contributed by atoms with van der Waals surface area (Å²) in [6, 6.07) is 3.96. The van der Waals surface area contributed by atoms with Crippen molar-refractivity contribution in [3.05, 3.63) is 24.5 Å². The van der Waals surface area contributed by atoms with Crippen molar-refractivity contribution in [3.63, 3.8) is 0 Å². The molecule has 4 heteroatoms. The van der Waals surface area contributed by atoms with Crippen LogP contribution in [0, 0.1) is 0 Å². The van der Waals surface area contributed by atoms with Gasteiger partial charge in [-0.25, -0.2) is 0 Å². The zero-order chi connectivity index (χ0) is 11.6. The van der Waals surface area contributed by atoms with E-state index in [0.29, 0.717) is 0 Å². The van der Waals surface area contributed by atoms with Gasteiger partial charge >= 0.3 is 0 Å². The number of pyridine rings is 1. The maximum absolute atomic E-state index is 9.22. The summed E-state index contributed by atoms with van der Waals surface area (Å²) < 4.78 is 5.77. The first-order valence-corrected chi connectivity index (χ1v) is 5.54. The number of nitrogens with zero attached hydrogens (tertiary/aromatic N) is 2. The average molecular weight is 222 g/mol. The van der Waals surface area contributed by atoms with E-state index in [1.165, 1.54) is 0 Å². The molecule has 1 saturated heterocycles. The van der Waals surface area contributed by atoms with E-state index in [1.54, 1.807) is 12.4 Å². The molecule has 0 radical (unpaired) electrons. The molecule has 0 spiro atoms. The highest BCUT2D eigenvalue weighted by Crippen LogP contribution is 2.25. The van der Waals surface area contributed by atoms with E-state index in [4.69, 9.17) is 4.74 Å². The van der Waals surface area contributed by atoms with E-state index < -0.39 is 0 Å². The number of hydrogen-bond donors (Lipinski definition) is 1. The van der Waals surface area contributed by atoms with Crippen molar-refractivity contribution in [2.24, 2.45) is 0 Å². The maximum atomic E-state index is 9.22. The zero-order valence-electron chi connectivity index (χ0n) is 9.76. The SMILES string of the molecule is CC1(C)CN(c2ccncc2)CC(CO)O1. The molecule has 1 atom stereocenters. The van der Waals surface area contributed by atoms with Crippen LogP contribution in [-0.4, -0.2) is 41.5 Å². The van der Waals surface area contributed by atoms with Crippen LogP contribution in [0.15, 0.2) is 24.5 Å². The first-order chi connectivity index (χ1) is 7.61. The first-order valence-electron chi connectivity index (χ1n) is 5.54. The second-order valence-corrected chi connectivity index (χ2v) is 4.77. The highest BCUT2D eigenvalue weighted by molar-refractivity contribution is 5.45. The van der Waals surface area contributed by atoms with Crippen molar-refractivity contribution < 1.29 is 9.84 Å². The molecule has 1 aliphatic rings. The minimum absolute atomic E-state index is 0.0605. The standard InChI is InChI=1S/C12H18N2O2/c1-12(2)9-14(7-11(8-15)16-12)10-3-5-13-6-4-10/h3-6,11,15H,7-9H2,1-2H3. The van der Waals surface area contributed by atoms with Crippen LogP contribution in [0.1, 0.15) is 13.8 Å². The lowest BCUT2D eigenvalue weighted by Crippen LogP contribution is -2.54. The number of ether oxygens (including phenoxy) is 1. The Kier molecular flexibility index (Phi) is 3.12. The van der Waals surface area contributed by atoms with Crippen LogP contribution < -0.4 is 4.90 Å². The molecular formula is C12H18N2O2. The predicted octanol–water partition coefficient (Wildman–Crippen LogP) is 1.06. The average Bonchev–Trinajstić information content (AvgIpc) is 2.28. The van der Waals surface area contributed by atoms with Crippen LogP contribution in [-0.2, 0) is 4.74 Å². The van der Waals surface area contributed by atoms with Crippen LogP contribution in [0.3, 0.4) is 0 Å². The number of hydrogen-bond acceptors (Lipinski definition) is 4. The minimum Gasteiger partial charge on any atom is -0.394 e. The van der Waals surface area contributed by atoms with Gasteiger partial charge in [0.15, 0.2) is 0 Å². The van der Waals surface area contributed by atoms with Crippen LogP contribution in [0.5, 0.6) is 0 Å². The Balaban J connectivity index is 2.16. The molecule has 88 valence electrons. The van der Waals surface area contributed by atoms with E-state index >= 15 is 0 Å². The second-order valence-electron chi connectivity index (χ2n) is 4.77. The number of aliphatic hydroxyl groups is 1. The molecule has 0 aliphatic carbocycles. The first kappa shape index (κ1) is 11.4. The monoisotopic (exact) mass is 222 g/mol. The molecule has 0 bridgehead atoms. The minimum atomic E-state index is -0.227. The van der Waals surface area contributed by atoms with E-state index in [0.717, 1.165) is 18.8 Å². The number of aromatic nitrogens is 1. The van der Waals surface area contributed by atoms with Crippen LogP contribution in [0.2, 0.25) is 0 Å². The fourth-order valence-electron chi connectivity index (χ4n) is 2.14. The van der Waals surface area contributed by atoms with Gasteiger partial charge in [0.2, 0.25) is 0 Å². The molecule has 16 heavy (non-hydrogen) atoms. The molecule has 0 aromatic carbocycles. The lowest BCUT2D eigenvalue weighted by Gasteiger charge is -2.43. The Morgan fingerprint density at radius 1 is 1.50 bits per heavy atom. The Bertz CT molecular complexity index is 340. The smallest absolute Gasteiger partial charge is 0.0988 e. The Labute approximate surface area is 95.9 Å². The largest absolute Gasteiger partial charge is 0.394 e. The zero-order valence-corrected chi connectivity index (χ0v) is 9.76. The van der Waals surface area contributed by atoms with Crippen molar-refractivity contribution in [1.29, 1.82) is 0 Å². The third-order valence-electron chi connectivity index (χ3n) is 2.71. The van der Waals surface area contributed by atoms with Gasteiger partial charge in [0.05, 0.1) is 18.3 Å². The van der Waals surface area contributed by atoms with Crippen molar-refractivity contribution >= 4 is 5.69 Å². The molecule has 1 aromatic heterocycles. The lowest BCUT2D eigenvalue weighted by molar-refractivity contribution is -0.101. The molecule has 1 fully saturated rings. The quantitative estimate of drug-likeness (QED) is 0.812. The molecular weight excluding hydrogens is 204 g/mol. The van der Waals surface area contributed by atoms with Gasteiger partial charge in [-0.1, -0.05) is 0 Å². The number of rotatable bonds is 2. The van der Waals surface area contributed by atoms with Crippen LogP contribution >= 0.6 is 0 Å². The van der Waals surface area contributed by atoms with Gasteiger partial charge in [0, 0.05) is 31.2 Å². The summed E-state index contributed by atoms with van der Waals surface area (Å²) in [7, 11) is 0. The summed E-state index contributed by atoms with van der Waals surface area (Å²) in [5.74, 6) is 0. The lowest BCUT2D eigenvalue weighted by atomic mass is 10.0. The topological polar surface area (TPSA) is 45.6 Å². The predicted molar refractivity (Wildman–Crippen MR) is 62.5 cm³/mol. The molecule has 1 N–H and O–H groups in total. The van der Waals surface area contributed by atoms with Gasteiger partial charge in [-0.05, 0) is 26.0 Å². The maximum Gasteiger partial charge on any atom is 0.0988 e. The fourth-order valence-corrected chi connectivity index (χ4v) is 2.14. The van der Waals surface area contributed by atoms with Gasteiger partial charge in [-0.2, -0.15) is 0 Å². The second kappa shape index (κ2) is 4.39. The van der Waals surface area contributed by atoms with Crippen molar-refractivity contribution in [3.8, 4) is 0 Å². The molecule has 2 heterocycles. The van der Waals surface area contributed by atoms with E-state index in [1.807, 2.05) is 26.0 Å². The summed E-state index contributed by atoms with van der Waals surface area (Å²) in [5, 5.41) is 9.22. The van der Waals surface area contributed by atoms with Gasteiger partial charge in [-0.15, -0.1) is 0 Å². The number of aliphatic hydroxyl groups excluding tert-OH is 1. The number of anilines is 1. The molecule has 0 amide bonds. The third kappa shape index (κ3) is 2.51. The fraction of sp³-hybridized carbons (Fsp3) is 0.583. The Morgan fingerprint density at radius 2 is 2.19 bits per heavy atom. The summed E-state index contributed by atoms with van der Waals surface area (Å²) in [6.07, 6.45) is 3.45. The van der Waals surface area contributed by atoms with Crippen molar-refractivity contribution in [2.75, 3.05) is 24.6 Å². The van der Waals surface area contributed by atoms with Gasteiger partial charge in [0.25, 0.3) is 0 Å². The van der Waals surface area contributed by atoms with E-state index in [9.17, 15) is 5.11 Å². The van der Waals surface area contributed by atoms with E-state index in [-0.39, 0.29) is 18.3 Å². The van der Waals surface area contributed by atoms with E-state index in [2.05, 4.69) is 9.88 Å². The Morgan fingerprint density at radius 3 is 2.81 bits per heavy atom. The summed E-state index contributed by atoms with van der Waals surface area (Å²) in [6.45, 7) is 5.70. The highest BCUT2D eigenvalue weighted by atomic mass is 16.5. The van der Waals surface area contributed by atoms with Gasteiger partial charge in [-0.3, -0.25) is 4.98 Å². The van der Waals surface area contributed by atoms with Crippen molar-refractivity contribution in [2.45, 2.75) is 25.6 Å². The van der Waals surface area contributed by atoms with Crippen LogP contribution in [0.25, 0.3) is 0 Å². The normalized spacial score (nSPS) is 24.4. The molecule has 2 rings (SSSR count). The number of morpholine rings is 1. The third-order valence-corrected chi connectivity index (χ3v) is 2.71. The highest BCUT2D eigenvalue weighted by Gasteiger charge is 2.33. The van der Waals surface area contributed by atoms with Gasteiger partial charge < -0.3 is 14.7 Å². The summed E-state index contributed by atoms with van der Waals surface area (Å²) in [4.78, 5) is 6.24. The Hall–Kier alpha value is -1.13. The summed E-state index contributed by atoms with van der Waals surface area (Å²) in [5.41, 5.74) is 0.902. The molecule has 0 saturated carbocycles. The van der Waals surface area contributed by atoms with Gasteiger partial charge in [0.1, 0.15) is 0 Å². The molecule has 1 unspecified atom stereocenters. The van der Waals surface area contributed by atoms with Crippen molar-refractivity contribution in [1.82, 2.24) is 4.98 Å². The molecule has 1 aromatic rings. The molecule has 1 aliphatic heterocycles. The molecule has 4 nitrogen and oxygen atoms in total.